The Bertz CT molecular complexity index is 324. The summed E-state index contributed by atoms with van der Waals surface area (Å²) in [5.41, 5.74) is 1.32. The molecule has 0 aromatic heterocycles. The van der Waals surface area contributed by atoms with Crippen molar-refractivity contribution in [2.75, 3.05) is 19.7 Å². The first-order chi connectivity index (χ1) is 8.20. The van der Waals surface area contributed by atoms with Crippen LogP contribution in [-0.2, 0) is 0 Å². The van der Waals surface area contributed by atoms with Gasteiger partial charge < -0.3 is 10.1 Å². The van der Waals surface area contributed by atoms with Gasteiger partial charge in [-0.25, -0.2) is 0 Å². The van der Waals surface area contributed by atoms with Gasteiger partial charge in [0.2, 0.25) is 0 Å². The molecular formula is C15H25NO. The molecule has 0 spiro atoms. The predicted octanol–water partition coefficient (Wildman–Crippen LogP) is 3.43. The minimum atomic E-state index is 0.511. The highest BCUT2D eigenvalue weighted by atomic mass is 16.5. The van der Waals surface area contributed by atoms with Gasteiger partial charge >= 0.3 is 0 Å². The van der Waals surface area contributed by atoms with Crippen molar-refractivity contribution in [3.8, 4) is 5.75 Å². The van der Waals surface area contributed by atoms with Gasteiger partial charge in [-0.15, -0.1) is 0 Å². The highest BCUT2D eigenvalue weighted by Crippen LogP contribution is 2.31. The van der Waals surface area contributed by atoms with E-state index in [2.05, 4.69) is 44.3 Å². The summed E-state index contributed by atoms with van der Waals surface area (Å²) in [4.78, 5) is 0. The summed E-state index contributed by atoms with van der Waals surface area (Å²) in [7, 11) is 0. The fourth-order valence-corrected chi connectivity index (χ4v) is 2.00. The van der Waals surface area contributed by atoms with Gasteiger partial charge in [-0.05, 0) is 43.5 Å². The van der Waals surface area contributed by atoms with Gasteiger partial charge in [-0.3, -0.25) is 0 Å². The Hall–Kier alpha value is -1.02. The lowest BCUT2D eigenvalue weighted by molar-refractivity contribution is 0.329. The van der Waals surface area contributed by atoms with E-state index >= 15 is 0 Å². The first kappa shape index (κ1) is 14.0. The second-order valence-corrected chi connectivity index (χ2v) is 4.54. The minimum Gasteiger partial charge on any atom is -0.494 e. The molecule has 1 aromatic carbocycles. The Kier molecular flexibility index (Phi) is 6.06. The molecule has 0 radical (unpaired) electrons. The fourth-order valence-electron chi connectivity index (χ4n) is 2.00. The van der Waals surface area contributed by atoms with Crippen molar-refractivity contribution in [2.24, 2.45) is 5.92 Å². The van der Waals surface area contributed by atoms with Crippen LogP contribution in [0.1, 0.15) is 39.2 Å². The zero-order chi connectivity index (χ0) is 12.7. The van der Waals surface area contributed by atoms with Crippen LogP contribution in [0.3, 0.4) is 0 Å². The summed E-state index contributed by atoms with van der Waals surface area (Å²) in [6.07, 6.45) is 0. The van der Waals surface area contributed by atoms with Crippen LogP contribution >= 0.6 is 0 Å². The van der Waals surface area contributed by atoms with E-state index in [0.717, 1.165) is 25.4 Å². The summed E-state index contributed by atoms with van der Waals surface area (Å²) in [5, 5.41) is 3.41. The maximum absolute atomic E-state index is 5.69. The van der Waals surface area contributed by atoms with E-state index in [9.17, 15) is 0 Å². The molecule has 0 aliphatic rings. The van der Waals surface area contributed by atoms with Gasteiger partial charge in [0.15, 0.2) is 0 Å². The number of ether oxygens (including phenoxy) is 1. The number of para-hydroxylation sites is 1. The predicted molar refractivity (Wildman–Crippen MR) is 73.7 cm³/mol. The van der Waals surface area contributed by atoms with E-state index in [0.29, 0.717) is 11.8 Å². The van der Waals surface area contributed by atoms with E-state index in [1.54, 1.807) is 0 Å². The number of nitrogens with one attached hydrogen (secondary N) is 1. The quantitative estimate of drug-likeness (QED) is 0.781. The third-order valence-corrected chi connectivity index (χ3v) is 3.28. The highest BCUT2D eigenvalue weighted by Gasteiger charge is 2.17. The van der Waals surface area contributed by atoms with Gasteiger partial charge in [0.25, 0.3) is 0 Å². The first-order valence-electron chi connectivity index (χ1n) is 6.63. The molecular weight excluding hydrogens is 210 g/mol. The number of rotatable bonds is 7. The molecule has 0 fully saturated rings. The average molecular weight is 235 g/mol. The molecule has 0 amide bonds. The maximum Gasteiger partial charge on any atom is 0.122 e. The second kappa shape index (κ2) is 7.33. The molecule has 2 unspecified atom stereocenters. The summed E-state index contributed by atoms with van der Waals surface area (Å²) in [6, 6.07) is 8.37. The Labute approximate surface area is 105 Å². The van der Waals surface area contributed by atoms with Crippen molar-refractivity contribution in [2.45, 2.75) is 33.6 Å². The fraction of sp³-hybridized carbons (Fsp3) is 0.600. The van der Waals surface area contributed by atoms with Gasteiger partial charge in [-0.2, -0.15) is 0 Å². The van der Waals surface area contributed by atoms with Crippen LogP contribution in [-0.4, -0.2) is 19.7 Å². The molecule has 2 heteroatoms. The topological polar surface area (TPSA) is 21.3 Å². The molecule has 2 atom stereocenters. The molecule has 1 rings (SSSR count). The van der Waals surface area contributed by atoms with E-state index in [1.165, 1.54) is 5.56 Å². The normalized spacial score (nSPS) is 14.4. The van der Waals surface area contributed by atoms with Crippen LogP contribution < -0.4 is 10.1 Å². The monoisotopic (exact) mass is 235 g/mol. The SMILES string of the molecule is CCNCC(C)C(C)c1ccccc1OCC. The first-order valence-corrected chi connectivity index (χ1v) is 6.63. The second-order valence-electron chi connectivity index (χ2n) is 4.54. The molecule has 2 nitrogen and oxygen atoms in total. The average Bonchev–Trinajstić information content (AvgIpc) is 2.36. The van der Waals surface area contributed by atoms with Gasteiger partial charge in [-0.1, -0.05) is 39.0 Å². The summed E-state index contributed by atoms with van der Waals surface area (Å²) >= 11 is 0. The minimum absolute atomic E-state index is 0.511. The van der Waals surface area contributed by atoms with Gasteiger partial charge in [0, 0.05) is 0 Å². The van der Waals surface area contributed by atoms with Gasteiger partial charge in [0.1, 0.15) is 5.75 Å². The third-order valence-electron chi connectivity index (χ3n) is 3.28. The lowest BCUT2D eigenvalue weighted by atomic mass is 9.88. The van der Waals surface area contributed by atoms with E-state index in [-0.39, 0.29) is 0 Å². The van der Waals surface area contributed by atoms with Crippen LogP contribution in [0, 0.1) is 5.92 Å². The summed E-state index contributed by atoms with van der Waals surface area (Å²) in [5.74, 6) is 2.15. The van der Waals surface area contributed by atoms with E-state index in [1.807, 2.05) is 13.0 Å². The molecule has 0 bridgehead atoms. The van der Waals surface area contributed by atoms with Gasteiger partial charge in [0.05, 0.1) is 6.61 Å². The maximum atomic E-state index is 5.69. The molecule has 17 heavy (non-hydrogen) atoms. The molecule has 96 valence electrons. The van der Waals surface area contributed by atoms with Crippen molar-refractivity contribution in [1.29, 1.82) is 0 Å². The number of hydrogen-bond donors (Lipinski definition) is 1. The zero-order valence-corrected chi connectivity index (χ0v) is 11.5. The van der Waals surface area contributed by atoms with Crippen molar-refractivity contribution >= 4 is 0 Å². The molecule has 0 aliphatic carbocycles. The third kappa shape index (κ3) is 4.04. The van der Waals surface area contributed by atoms with Crippen LogP contribution in [0.4, 0.5) is 0 Å². The Morgan fingerprint density at radius 2 is 1.88 bits per heavy atom. The lowest BCUT2D eigenvalue weighted by Gasteiger charge is -2.22. The Morgan fingerprint density at radius 1 is 1.18 bits per heavy atom. The molecule has 1 N–H and O–H groups in total. The smallest absolute Gasteiger partial charge is 0.122 e. The molecule has 0 saturated carbocycles. The van der Waals surface area contributed by atoms with E-state index in [4.69, 9.17) is 4.74 Å². The van der Waals surface area contributed by atoms with Crippen LogP contribution in [0.2, 0.25) is 0 Å². The van der Waals surface area contributed by atoms with Crippen molar-refractivity contribution < 1.29 is 4.74 Å². The van der Waals surface area contributed by atoms with Crippen molar-refractivity contribution in [3.05, 3.63) is 29.8 Å². The molecule has 0 heterocycles. The van der Waals surface area contributed by atoms with Crippen LogP contribution in [0.15, 0.2) is 24.3 Å². The Balaban J connectivity index is 2.76. The molecule has 0 saturated heterocycles. The highest BCUT2D eigenvalue weighted by molar-refractivity contribution is 5.36. The number of benzene rings is 1. The molecule has 0 aliphatic heterocycles. The lowest BCUT2D eigenvalue weighted by Crippen LogP contribution is -2.24. The largest absolute Gasteiger partial charge is 0.494 e. The Morgan fingerprint density at radius 3 is 2.53 bits per heavy atom. The van der Waals surface area contributed by atoms with Crippen LogP contribution in [0.25, 0.3) is 0 Å². The summed E-state index contributed by atoms with van der Waals surface area (Å²) < 4.78 is 5.69. The molecule has 1 aromatic rings. The standard InChI is InChI=1S/C15H25NO/c1-5-16-11-12(3)13(4)14-9-7-8-10-15(14)17-6-2/h7-10,12-13,16H,5-6,11H2,1-4H3. The van der Waals surface area contributed by atoms with E-state index < -0.39 is 0 Å². The zero-order valence-electron chi connectivity index (χ0n) is 11.5. The van der Waals surface area contributed by atoms with Crippen LogP contribution in [0.5, 0.6) is 5.75 Å². The summed E-state index contributed by atoms with van der Waals surface area (Å²) in [6.45, 7) is 11.6. The van der Waals surface area contributed by atoms with Crippen molar-refractivity contribution in [3.63, 3.8) is 0 Å². The number of hydrogen-bond acceptors (Lipinski definition) is 2. The van der Waals surface area contributed by atoms with Crippen molar-refractivity contribution in [1.82, 2.24) is 5.32 Å².